The molecule has 1 amide bonds. The van der Waals surface area contributed by atoms with Crippen LogP contribution in [0.15, 0.2) is 24.3 Å². The van der Waals surface area contributed by atoms with Crippen LogP contribution in [0.5, 0.6) is 0 Å². The monoisotopic (exact) mass is 309 g/mol. The van der Waals surface area contributed by atoms with Gasteiger partial charge in [-0.05, 0) is 23.1 Å². The Balaban J connectivity index is 2.03. The molecular formula is C16H23NO3S. The van der Waals surface area contributed by atoms with Gasteiger partial charge in [0.1, 0.15) is 0 Å². The molecular weight excluding hydrogens is 286 g/mol. The first-order chi connectivity index (χ1) is 9.65. The van der Waals surface area contributed by atoms with E-state index in [2.05, 4.69) is 20.8 Å². The minimum absolute atomic E-state index is 0.0542. The summed E-state index contributed by atoms with van der Waals surface area (Å²) in [6.45, 7) is 8.65. The van der Waals surface area contributed by atoms with Gasteiger partial charge in [0.25, 0.3) is 5.91 Å². The number of hydrogen-bond acceptors (Lipinski definition) is 3. The summed E-state index contributed by atoms with van der Waals surface area (Å²) in [5.74, 6) is 0.0537. The Morgan fingerprint density at radius 2 is 1.71 bits per heavy atom. The molecule has 1 aliphatic heterocycles. The highest BCUT2D eigenvalue weighted by Gasteiger charge is 2.38. The van der Waals surface area contributed by atoms with E-state index in [-0.39, 0.29) is 22.3 Å². The van der Waals surface area contributed by atoms with Gasteiger partial charge in [0.05, 0.1) is 5.25 Å². The van der Waals surface area contributed by atoms with Crippen molar-refractivity contribution in [2.24, 2.45) is 0 Å². The van der Waals surface area contributed by atoms with Crippen molar-refractivity contribution in [2.75, 3.05) is 18.8 Å². The van der Waals surface area contributed by atoms with Gasteiger partial charge in [0.15, 0.2) is 9.84 Å². The summed E-state index contributed by atoms with van der Waals surface area (Å²) >= 11 is 0. The predicted molar refractivity (Wildman–Crippen MR) is 84.3 cm³/mol. The van der Waals surface area contributed by atoms with Crippen molar-refractivity contribution in [1.29, 1.82) is 0 Å². The molecule has 0 aliphatic carbocycles. The highest BCUT2D eigenvalue weighted by atomic mass is 32.2. The quantitative estimate of drug-likeness (QED) is 0.860. The van der Waals surface area contributed by atoms with Gasteiger partial charge in [-0.1, -0.05) is 39.8 Å². The van der Waals surface area contributed by atoms with Crippen molar-refractivity contribution in [3.8, 4) is 0 Å². The Hall–Kier alpha value is -1.36. The molecule has 0 radical (unpaired) electrons. The number of amides is 1. The molecule has 0 unspecified atom stereocenters. The lowest BCUT2D eigenvalue weighted by atomic mass is 9.86. The van der Waals surface area contributed by atoms with E-state index in [4.69, 9.17) is 0 Å². The topological polar surface area (TPSA) is 54.5 Å². The van der Waals surface area contributed by atoms with Crippen LogP contribution in [0.1, 0.15) is 43.6 Å². The standard InChI is InChI=1S/C16H23NO3S/c1-5-21(19,20)14-10-17(11-14)15(18)12-6-8-13(9-7-12)16(2,3)4/h6-9,14H,5,10-11H2,1-4H3. The number of hydrogen-bond donors (Lipinski definition) is 0. The third-order valence-corrected chi connectivity index (χ3v) is 6.16. The summed E-state index contributed by atoms with van der Waals surface area (Å²) in [6, 6.07) is 7.58. The number of rotatable bonds is 3. The number of sulfone groups is 1. The molecule has 0 aromatic heterocycles. The predicted octanol–water partition coefficient (Wildman–Crippen LogP) is 2.24. The SMILES string of the molecule is CCS(=O)(=O)C1CN(C(=O)c2ccc(C(C)(C)C)cc2)C1. The second-order valence-corrected chi connectivity index (χ2v) is 9.18. The lowest BCUT2D eigenvalue weighted by Gasteiger charge is -2.38. The van der Waals surface area contributed by atoms with Crippen LogP contribution in [0.25, 0.3) is 0 Å². The maximum absolute atomic E-state index is 12.3. The Kier molecular flexibility index (Phi) is 4.15. The molecule has 21 heavy (non-hydrogen) atoms. The molecule has 116 valence electrons. The number of likely N-dealkylation sites (tertiary alicyclic amines) is 1. The zero-order valence-electron chi connectivity index (χ0n) is 13.1. The normalized spacial score (nSPS) is 16.7. The average Bonchev–Trinajstić information content (AvgIpc) is 2.35. The summed E-state index contributed by atoms with van der Waals surface area (Å²) in [5.41, 5.74) is 1.85. The van der Waals surface area contributed by atoms with E-state index in [1.54, 1.807) is 11.8 Å². The molecule has 0 bridgehead atoms. The van der Waals surface area contributed by atoms with Gasteiger partial charge in [-0.15, -0.1) is 0 Å². The lowest BCUT2D eigenvalue weighted by molar-refractivity contribution is 0.0659. The first-order valence-corrected chi connectivity index (χ1v) is 8.98. The average molecular weight is 309 g/mol. The molecule has 5 heteroatoms. The first-order valence-electron chi connectivity index (χ1n) is 7.26. The van der Waals surface area contributed by atoms with E-state index in [1.165, 1.54) is 5.56 Å². The van der Waals surface area contributed by atoms with Gasteiger partial charge in [-0.25, -0.2) is 8.42 Å². The van der Waals surface area contributed by atoms with Crippen molar-refractivity contribution in [3.63, 3.8) is 0 Å². The minimum Gasteiger partial charge on any atom is -0.336 e. The first kappa shape index (κ1) is 16.0. The fraction of sp³-hybridized carbons (Fsp3) is 0.562. The van der Waals surface area contributed by atoms with Gasteiger partial charge >= 0.3 is 0 Å². The maximum atomic E-state index is 12.3. The summed E-state index contributed by atoms with van der Waals surface area (Å²) in [7, 11) is -3.03. The largest absolute Gasteiger partial charge is 0.336 e. The van der Waals surface area contributed by atoms with Crippen LogP contribution >= 0.6 is 0 Å². The second-order valence-electron chi connectivity index (χ2n) is 6.61. The van der Waals surface area contributed by atoms with Crippen molar-refractivity contribution in [3.05, 3.63) is 35.4 Å². The molecule has 1 fully saturated rings. The smallest absolute Gasteiger partial charge is 0.253 e. The summed E-state index contributed by atoms with van der Waals surface area (Å²) < 4.78 is 23.4. The maximum Gasteiger partial charge on any atom is 0.253 e. The van der Waals surface area contributed by atoms with Crippen molar-refractivity contribution in [1.82, 2.24) is 4.90 Å². The summed E-state index contributed by atoms with van der Waals surface area (Å²) in [4.78, 5) is 13.9. The fourth-order valence-electron chi connectivity index (χ4n) is 2.36. The van der Waals surface area contributed by atoms with Crippen molar-refractivity contribution < 1.29 is 13.2 Å². The fourth-order valence-corrected chi connectivity index (χ4v) is 3.65. The van der Waals surface area contributed by atoms with Crippen LogP contribution in [0.4, 0.5) is 0 Å². The Bertz CT molecular complexity index is 620. The summed E-state index contributed by atoms with van der Waals surface area (Å²) in [5, 5.41) is -0.389. The van der Waals surface area contributed by atoms with E-state index in [0.717, 1.165) is 0 Å². The van der Waals surface area contributed by atoms with Crippen LogP contribution in [0, 0.1) is 0 Å². The van der Waals surface area contributed by atoms with Gasteiger partial charge in [-0.3, -0.25) is 4.79 Å². The molecule has 1 saturated heterocycles. The van der Waals surface area contributed by atoms with Crippen LogP contribution in [-0.4, -0.2) is 43.3 Å². The van der Waals surface area contributed by atoms with Crippen molar-refractivity contribution >= 4 is 15.7 Å². The molecule has 1 aromatic rings. The highest BCUT2D eigenvalue weighted by Crippen LogP contribution is 2.24. The molecule has 1 heterocycles. The number of carbonyl (C=O) groups is 1. The van der Waals surface area contributed by atoms with E-state index < -0.39 is 9.84 Å². The second kappa shape index (κ2) is 5.44. The van der Waals surface area contributed by atoms with Gasteiger partial charge < -0.3 is 4.90 Å². The zero-order chi connectivity index (χ0) is 15.8. The van der Waals surface area contributed by atoms with E-state index in [0.29, 0.717) is 18.7 Å². The Labute approximate surface area is 127 Å². The van der Waals surface area contributed by atoms with E-state index >= 15 is 0 Å². The molecule has 0 saturated carbocycles. The molecule has 1 aromatic carbocycles. The zero-order valence-corrected chi connectivity index (χ0v) is 13.9. The van der Waals surface area contributed by atoms with Gasteiger partial charge in [-0.2, -0.15) is 0 Å². The molecule has 0 spiro atoms. The molecule has 2 rings (SSSR count). The van der Waals surface area contributed by atoms with Gasteiger partial charge in [0.2, 0.25) is 0 Å². The third-order valence-electron chi connectivity index (χ3n) is 4.04. The molecule has 0 atom stereocenters. The third kappa shape index (κ3) is 3.28. The van der Waals surface area contributed by atoms with Crippen LogP contribution in [0.2, 0.25) is 0 Å². The lowest BCUT2D eigenvalue weighted by Crippen LogP contribution is -2.57. The molecule has 0 N–H and O–H groups in total. The Morgan fingerprint density at radius 1 is 1.19 bits per heavy atom. The molecule has 4 nitrogen and oxygen atoms in total. The number of carbonyl (C=O) groups excluding carboxylic acids is 1. The Morgan fingerprint density at radius 3 is 2.14 bits per heavy atom. The number of nitrogens with zero attached hydrogens (tertiary/aromatic N) is 1. The summed E-state index contributed by atoms with van der Waals surface area (Å²) in [6.07, 6.45) is 0. The van der Waals surface area contributed by atoms with Crippen LogP contribution < -0.4 is 0 Å². The van der Waals surface area contributed by atoms with Gasteiger partial charge in [0, 0.05) is 24.4 Å². The van der Waals surface area contributed by atoms with Crippen LogP contribution in [-0.2, 0) is 15.3 Å². The number of benzene rings is 1. The molecule has 1 aliphatic rings. The van der Waals surface area contributed by atoms with E-state index in [9.17, 15) is 13.2 Å². The van der Waals surface area contributed by atoms with E-state index in [1.807, 2.05) is 24.3 Å². The minimum atomic E-state index is -3.03. The highest BCUT2D eigenvalue weighted by molar-refractivity contribution is 7.92. The van der Waals surface area contributed by atoms with Crippen molar-refractivity contribution in [2.45, 2.75) is 38.4 Å². The van der Waals surface area contributed by atoms with Crippen LogP contribution in [0.3, 0.4) is 0 Å².